The number of aliphatic hydroxyl groups is 1. The summed E-state index contributed by atoms with van der Waals surface area (Å²) in [6.45, 7) is 7.73. The molecule has 2 heterocycles. The van der Waals surface area contributed by atoms with E-state index in [1.165, 1.54) is 16.7 Å². The number of fused-ring (bicyclic) bond motifs is 2. The predicted octanol–water partition coefficient (Wildman–Crippen LogP) is 3.68. The van der Waals surface area contributed by atoms with E-state index in [1.54, 1.807) is 0 Å². The largest absolute Gasteiger partial charge is 0.488 e. The summed E-state index contributed by atoms with van der Waals surface area (Å²) in [5, 5.41) is 10.7. The third-order valence-electron chi connectivity index (χ3n) is 6.69. The molecule has 0 amide bonds. The molecule has 2 fully saturated rings. The van der Waals surface area contributed by atoms with Gasteiger partial charge >= 0.3 is 0 Å². The first kappa shape index (κ1) is 18.8. The fourth-order valence-electron chi connectivity index (χ4n) is 5.08. The van der Waals surface area contributed by atoms with Gasteiger partial charge in [-0.25, -0.2) is 0 Å². The van der Waals surface area contributed by atoms with Crippen molar-refractivity contribution in [2.75, 3.05) is 19.9 Å². The van der Waals surface area contributed by atoms with Gasteiger partial charge in [-0.1, -0.05) is 23.8 Å². The maximum absolute atomic E-state index is 10.7. The second-order valence-corrected chi connectivity index (χ2v) is 8.85. The lowest BCUT2D eigenvalue weighted by Crippen LogP contribution is -2.42. The van der Waals surface area contributed by atoms with Crippen LogP contribution >= 0.6 is 0 Å². The number of likely N-dealkylation sites (tertiary alicyclic amines) is 1. The Hall–Kier alpha value is -2.24. The number of rotatable bonds is 4. The van der Waals surface area contributed by atoms with Crippen LogP contribution < -0.4 is 14.2 Å². The van der Waals surface area contributed by atoms with Gasteiger partial charge in [0.1, 0.15) is 11.9 Å². The molecule has 0 bridgehead atoms. The summed E-state index contributed by atoms with van der Waals surface area (Å²) in [6.07, 6.45) is 1.10. The molecule has 154 valence electrons. The van der Waals surface area contributed by atoms with E-state index in [1.807, 2.05) is 18.2 Å². The van der Waals surface area contributed by atoms with Gasteiger partial charge in [0.2, 0.25) is 6.79 Å². The molecule has 3 aliphatic rings. The van der Waals surface area contributed by atoms with Crippen molar-refractivity contribution in [3.63, 3.8) is 0 Å². The van der Waals surface area contributed by atoms with Crippen LogP contribution in [0.25, 0.3) is 0 Å². The van der Waals surface area contributed by atoms with E-state index in [-0.39, 0.29) is 12.9 Å². The fourth-order valence-corrected chi connectivity index (χ4v) is 5.08. The van der Waals surface area contributed by atoms with Crippen LogP contribution in [0.15, 0.2) is 36.4 Å². The van der Waals surface area contributed by atoms with E-state index in [0.717, 1.165) is 44.0 Å². The molecule has 1 N–H and O–H groups in total. The van der Waals surface area contributed by atoms with Gasteiger partial charge in [0, 0.05) is 25.7 Å². The average Bonchev–Trinajstić information content (AvgIpc) is 3.30. The van der Waals surface area contributed by atoms with E-state index in [4.69, 9.17) is 14.2 Å². The molecule has 2 aromatic rings. The zero-order valence-corrected chi connectivity index (χ0v) is 17.1. The fraction of sp³-hybridized carbons (Fsp3) is 0.500. The van der Waals surface area contributed by atoms with Crippen molar-refractivity contribution in [1.82, 2.24) is 4.90 Å². The SMILES string of the molecule is Cc1ccc(C)c(CN2C[C@H]3C[C@@H](Oc4ccc5c(c4)OCO5)[C@H](O)C[C@H]3C2)c1. The molecule has 4 atom stereocenters. The van der Waals surface area contributed by atoms with Gasteiger partial charge in [0.25, 0.3) is 0 Å². The van der Waals surface area contributed by atoms with Crippen LogP contribution in [0.4, 0.5) is 0 Å². The Morgan fingerprint density at radius 3 is 2.66 bits per heavy atom. The summed E-state index contributed by atoms with van der Waals surface area (Å²) in [6, 6.07) is 12.3. The maximum Gasteiger partial charge on any atom is 0.231 e. The van der Waals surface area contributed by atoms with Crippen LogP contribution in [0.2, 0.25) is 0 Å². The van der Waals surface area contributed by atoms with E-state index in [9.17, 15) is 5.11 Å². The summed E-state index contributed by atoms with van der Waals surface area (Å²) in [5.74, 6) is 3.32. The lowest BCUT2D eigenvalue weighted by atomic mass is 9.78. The predicted molar refractivity (Wildman–Crippen MR) is 110 cm³/mol. The number of benzene rings is 2. The highest BCUT2D eigenvalue weighted by Crippen LogP contribution is 2.40. The molecule has 0 unspecified atom stereocenters. The minimum Gasteiger partial charge on any atom is -0.488 e. The minimum absolute atomic E-state index is 0.169. The highest BCUT2D eigenvalue weighted by atomic mass is 16.7. The van der Waals surface area contributed by atoms with Crippen LogP contribution in [0, 0.1) is 25.7 Å². The van der Waals surface area contributed by atoms with Gasteiger partial charge in [-0.2, -0.15) is 0 Å². The van der Waals surface area contributed by atoms with Crippen molar-refractivity contribution in [2.24, 2.45) is 11.8 Å². The number of nitrogens with zero attached hydrogens (tertiary/aromatic N) is 1. The van der Waals surface area contributed by atoms with Gasteiger partial charge in [-0.15, -0.1) is 0 Å². The molecular formula is C24H29NO4. The molecule has 0 spiro atoms. The van der Waals surface area contributed by atoms with E-state index < -0.39 is 6.10 Å². The Kier molecular flexibility index (Phi) is 4.88. The third-order valence-corrected chi connectivity index (χ3v) is 6.69. The van der Waals surface area contributed by atoms with Crippen LogP contribution in [-0.2, 0) is 6.54 Å². The van der Waals surface area contributed by atoms with Gasteiger partial charge in [-0.3, -0.25) is 4.90 Å². The molecule has 5 rings (SSSR count). The standard InChI is InChI=1S/C24H29NO4/c1-15-3-4-16(2)17(7-15)11-25-12-18-8-21(26)23(9-19(18)13-25)29-20-5-6-22-24(10-20)28-14-27-22/h3-7,10,18-19,21,23,26H,8-9,11-14H2,1-2H3/t18-,19+,21+,23+/m0/s1. The molecular weight excluding hydrogens is 366 g/mol. The van der Waals surface area contributed by atoms with Crippen molar-refractivity contribution in [3.05, 3.63) is 53.1 Å². The van der Waals surface area contributed by atoms with Gasteiger partial charge in [0.05, 0.1) is 6.10 Å². The zero-order valence-electron chi connectivity index (χ0n) is 17.1. The summed E-state index contributed by atoms with van der Waals surface area (Å²) < 4.78 is 17.0. The van der Waals surface area contributed by atoms with E-state index in [0.29, 0.717) is 17.6 Å². The Morgan fingerprint density at radius 2 is 1.79 bits per heavy atom. The van der Waals surface area contributed by atoms with Crippen LogP contribution in [0.3, 0.4) is 0 Å². The normalized spacial score (nSPS) is 28.4. The zero-order chi connectivity index (χ0) is 20.0. The minimum atomic E-state index is -0.428. The molecule has 29 heavy (non-hydrogen) atoms. The average molecular weight is 395 g/mol. The second-order valence-electron chi connectivity index (χ2n) is 8.85. The molecule has 1 aliphatic carbocycles. The number of hydrogen-bond acceptors (Lipinski definition) is 5. The molecule has 2 aliphatic heterocycles. The second kappa shape index (κ2) is 7.54. The number of aryl methyl sites for hydroxylation is 2. The quantitative estimate of drug-likeness (QED) is 0.856. The molecule has 0 radical (unpaired) electrons. The van der Waals surface area contributed by atoms with Gasteiger partial charge in [0.15, 0.2) is 11.5 Å². The highest BCUT2D eigenvalue weighted by molar-refractivity contribution is 5.47. The number of ether oxygens (including phenoxy) is 3. The lowest BCUT2D eigenvalue weighted by Gasteiger charge is -2.35. The van der Waals surface area contributed by atoms with Crippen molar-refractivity contribution < 1.29 is 19.3 Å². The van der Waals surface area contributed by atoms with E-state index >= 15 is 0 Å². The Labute approximate surface area is 172 Å². The Morgan fingerprint density at radius 1 is 1.00 bits per heavy atom. The summed E-state index contributed by atoms with van der Waals surface area (Å²) >= 11 is 0. The van der Waals surface area contributed by atoms with Gasteiger partial charge in [-0.05, 0) is 61.8 Å². The van der Waals surface area contributed by atoms with Crippen molar-refractivity contribution >= 4 is 0 Å². The van der Waals surface area contributed by atoms with Crippen LogP contribution in [0.5, 0.6) is 17.2 Å². The Balaban J connectivity index is 1.23. The molecule has 0 aromatic heterocycles. The molecule has 2 aromatic carbocycles. The van der Waals surface area contributed by atoms with Crippen LogP contribution in [0.1, 0.15) is 29.5 Å². The van der Waals surface area contributed by atoms with Crippen molar-refractivity contribution in [1.29, 1.82) is 0 Å². The summed E-state index contributed by atoms with van der Waals surface area (Å²) in [5.41, 5.74) is 4.08. The topological polar surface area (TPSA) is 51.2 Å². The molecule has 1 saturated carbocycles. The third kappa shape index (κ3) is 3.81. The summed E-state index contributed by atoms with van der Waals surface area (Å²) in [4.78, 5) is 2.55. The maximum atomic E-state index is 10.7. The molecule has 1 saturated heterocycles. The molecule has 5 heteroatoms. The van der Waals surface area contributed by atoms with Crippen LogP contribution in [-0.4, -0.2) is 42.1 Å². The summed E-state index contributed by atoms with van der Waals surface area (Å²) in [7, 11) is 0. The highest BCUT2D eigenvalue weighted by Gasteiger charge is 2.42. The monoisotopic (exact) mass is 395 g/mol. The Bertz CT molecular complexity index is 898. The lowest BCUT2D eigenvalue weighted by molar-refractivity contribution is -0.0232. The number of aliphatic hydroxyl groups excluding tert-OH is 1. The first-order valence-corrected chi connectivity index (χ1v) is 10.6. The van der Waals surface area contributed by atoms with E-state index in [2.05, 4.69) is 36.9 Å². The van der Waals surface area contributed by atoms with Crippen molar-refractivity contribution in [3.8, 4) is 17.2 Å². The smallest absolute Gasteiger partial charge is 0.231 e. The number of hydrogen-bond donors (Lipinski definition) is 1. The first-order valence-electron chi connectivity index (χ1n) is 10.6. The molecule has 5 nitrogen and oxygen atoms in total. The van der Waals surface area contributed by atoms with Crippen molar-refractivity contribution in [2.45, 2.75) is 45.4 Å². The van der Waals surface area contributed by atoms with Gasteiger partial charge < -0.3 is 19.3 Å². The first-order chi connectivity index (χ1) is 14.0.